The van der Waals surface area contributed by atoms with Crippen LogP contribution in [0.15, 0.2) is 0 Å². The molecule has 17 heteroatoms. The molecule has 17 nitrogen and oxygen atoms in total. The normalized spacial score (nSPS) is 56.2. The van der Waals surface area contributed by atoms with Crippen molar-refractivity contribution in [3.05, 3.63) is 0 Å². The number of rotatable bonds is 6. The van der Waals surface area contributed by atoms with Crippen molar-refractivity contribution >= 4 is 0 Å². The lowest BCUT2D eigenvalue weighted by Crippen LogP contribution is -2.65. The first-order valence-electron chi connectivity index (χ1n) is 13.1. The van der Waals surface area contributed by atoms with E-state index in [4.69, 9.17) is 33.2 Å². The van der Waals surface area contributed by atoms with Crippen molar-refractivity contribution in [2.75, 3.05) is 6.61 Å². The maximum atomic E-state index is 10.8. The second-order valence-corrected chi connectivity index (χ2v) is 10.6. The molecule has 0 aliphatic carbocycles. The minimum absolute atomic E-state index is 0.344. The molecule has 0 spiro atoms. The minimum Gasteiger partial charge on any atom is -0.388 e. The number of aliphatic hydroxyl groups is 10. The molecule has 0 amide bonds. The summed E-state index contributed by atoms with van der Waals surface area (Å²) >= 11 is 0. The van der Waals surface area contributed by atoms with Gasteiger partial charge in [-0.3, -0.25) is 0 Å². The maximum absolute atomic E-state index is 10.8. The van der Waals surface area contributed by atoms with Crippen LogP contribution in [-0.2, 0) is 33.2 Å². The second-order valence-electron chi connectivity index (χ2n) is 10.6. The van der Waals surface area contributed by atoms with Crippen LogP contribution in [0.3, 0.4) is 0 Å². The van der Waals surface area contributed by atoms with Gasteiger partial charge in [0.15, 0.2) is 25.2 Å². The van der Waals surface area contributed by atoms with Crippen molar-refractivity contribution in [2.45, 2.75) is 137 Å². The van der Waals surface area contributed by atoms with Gasteiger partial charge in [-0.05, 0) is 20.8 Å². The van der Waals surface area contributed by atoms with Crippen LogP contribution >= 0.6 is 0 Å². The third-order valence-corrected chi connectivity index (χ3v) is 7.69. The predicted molar refractivity (Wildman–Crippen MR) is 124 cm³/mol. The lowest BCUT2D eigenvalue weighted by molar-refractivity contribution is -0.381. The van der Waals surface area contributed by atoms with E-state index in [1.165, 1.54) is 20.8 Å². The van der Waals surface area contributed by atoms with Gasteiger partial charge in [0.1, 0.15) is 73.2 Å². The minimum atomic E-state index is -1.78. The Morgan fingerprint density at radius 2 is 0.850 bits per heavy atom. The molecule has 0 saturated carbocycles. The Morgan fingerprint density at radius 1 is 0.450 bits per heavy atom. The predicted octanol–water partition coefficient (Wildman–Crippen LogP) is -6.03. The van der Waals surface area contributed by atoms with Gasteiger partial charge in [0.25, 0.3) is 0 Å². The van der Waals surface area contributed by atoms with E-state index in [2.05, 4.69) is 0 Å². The third kappa shape index (κ3) is 6.31. The molecule has 10 N–H and O–H groups in total. The van der Waals surface area contributed by atoms with Crippen LogP contribution in [-0.4, -0.2) is 174 Å². The van der Waals surface area contributed by atoms with Gasteiger partial charge >= 0.3 is 0 Å². The highest BCUT2D eigenvalue weighted by Crippen LogP contribution is 2.33. The monoisotopic (exact) mass is 588 g/mol. The molecule has 4 saturated heterocycles. The van der Waals surface area contributed by atoms with Crippen LogP contribution < -0.4 is 0 Å². The molecule has 4 rings (SSSR count). The van der Waals surface area contributed by atoms with E-state index < -0.39 is 117 Å². The van der Waals surface area contributed by atoms with E-state index in [1.54, 1.807) is 0 Å². The van der Waals surface area contributed by atoms with Gasteiger partial charge in [0.2, 0.25) is 0 Å². The van der Waals surface area contributed by atoms with Gasteiger partial charge in [-0.25, -0.2) is 0 Å². The molecule has 0 bridgehead atoms. The quantitative estimate of drug-likeness (QED) is 0.138. The third-order valence-electron chi connectivity index (χ3n) is 7.69. The summed E-state index contributed by atoms with van der Waals surface area (Å²) in [4.78, 5) is 0. The molecule has 0 aromatic rings. The average molecular weight is 589 g/mol. The second kappa shape index (κ2) is 12.9. The first kappa shape index (κ1) is 32.2. The summed E-state index contributed by atoms with van der Waals surface area (Å²) in [5, 5.41) is 103. The van der Waals surface area contributed by atoms with Crippen LogP contribution in [0.25, 0.3) is 0 Å². The van der Waals surface area contributed by atoms with E-state index in [-0.39, 0.29) is 6.61 Å². The maximum Gasteiger partial charge on any atom is 0.187 e. The molecule has 0 radical (unpaired) electrons. The largest absolute Gasteiger partial charge is 0.388 e. The van der Waals surface area contributed by atoms with Gasteiger partial charge in [0, 0.05) is 0 Å². The van der Waals surface area contributed by atoms with Crippen molar-refractivity contribution < 1.29 is 84.2 Å². The Morgan fingerprint density at radius 3 is 1.32 bits per heavy atom. The zero-order chi connectivity index (χ0) is 29.6. The fourth-order valence-electron chi connectivity index (χ4n) is 5.13. The van der Waals surface area contributed by atoms with Gasteiger partial charge in [0.05, 0.1) is 24.9 Å². The molecule has 4 fully saturated rings. The lowest BCUT2D eigenvalue weighted by atomic mass is 9.96. The van der Waals surface area contributed by atoms with Crippen LogP contribution in [0.2, 0.25) is 0 Å². The summed E-state index contributed by atoms with van der Waals surface area (Å²) in [6, 6.07) is 0. The molecule has 1 unspecified atom stereocenters. The highest BCUT2D eigenvalue weighted by molar-refractivity contribution is 4.95. The van der Waals surface area contributed by atoms with E-state index in [0.29, 0.717) is 0 Å². The van der Waals surface area contributed by atoms with Crippen molar-refractivity contribution in [1.82, 2.24) is 0 Å². The Labute approximate surface area is 228 Å². The van der Waals surface area contributed by atoms with Gasteiger partial charge in [-0.1, -0.05) is 0 Å². The molecule has 4 aliphatic heterocycles. The van der Waals surface area contributed by atoms with Gasteiger partial charge in [-0.2, -0.15) is 0 Å². The van der Waals surface area contributed by atoms with E-state index in [1.807, 2.05) is 0 Å². The van der Waals surface area contributed by atoms with Crippen molar-refractivity contribution in [3.63, 3.8) is 0 Å². The van der Waals surface area contributed by atoms with Crippen molar-refractivity contribution in [1.29, 1.82) is 0 Å². The van der Waals surface area contributed by atoms with Gasteiger partial charge < -0.3 is 84.2 Å². The molecule has 19 atom stereocenters. The average Bonchev–Trinajstić information content (AvgIpc) is 2.91. The first-order chi connectivity index (χ1) is 18.7. The van der Waals surface area contributed by atoms with E-state index in [0.717, 1.165) is 0 Å². The molecular formula is C23H40O17. The summed E-state index contributed by atoms with van der Waals surface area (Å²) in [5.74, 6) is 0. The highest BCUT2D eigenvalue weighted by atomic mass is 16.8. The molecule has 40 heavy (non-hydrogen) atoms. The van der Waals surface area contributed by atoms with Crippen LogP contribution in [0.1, 0.15) is 20.8 Å². The van der Waals surface area contributed by atoms with Crippen molar-refractivity contribution in [2.24, 2.45) is 0 Å². The summed E-state index contributed by atoms with van der Waals surface area (Å²) in [5.41, 5.74) is 0. The molecule has 0 aromatic heterocycles. The van der Waals surface area contributed by atoms with Crippen LogP contribution in [0.5, 0.6) is 0 Å². The zero-order valence-corrected chi connectivity index (χ0v) is 22.0. The molecule has 234 valence electrons. The SMILES string of the molecule is C[C@@H]1O[C@@H](O[C@@H]2[C@@H](O)[C@@H](O)[C@H](O[C@@H]3[C@@H](O)[C@@H](O)[C@H](O[C@H]4C(O)OC[C@@H](O)[C@@H]4O)O[C@H]3C)O[C@H]2C)[C@H](O)[C@H](O)[C@H]1O. The Hall–Kier alpha value is -0.680. The molecule has 4 heterocycles. The van der Waals surface area contributed by atoms with E-state index >= 15 is 0 Å². The molecular weight excluding hydrogens is 548 g/mol. The number of ether oxygens (including phenoxy) is 7. The Kier molecular flexibility index (Phi) is 10.4. The molecule has 4 aliphatic rings. The van der Waals surface area contributed by atoms with Crippen molar-refractivity contribution in [3.8, 4) is 0 Å². The molecule has 0 aromatic carbocycles. The summed E-state index contributed by atoms with van der Waals surface area (Å²) in [6.07, 6.45) is -27.7. The van der Waals surface area contributed by atoms with Crippen LogP contribution in [0.4, 0.5) is 0 Å². The Balaban J connectivity index is 1.37. The smallest absolute Gasteiger partial charge is 0.187 e. The van der Waals surface area contributed by atoms with Gasteiger partial charge in [-0.15, -0.1) is 0 Å². The number of aliphatic hydroxyl groups excluding tert-OH is 10. The zero-order valence-electron chi connectivity index (χ0n) is 22.0. The van der Waals surface area contributed by atoms with E-state index in [9.17, 15) is 51.1 Å². The summed E-state index contributed by atoms with van der Waals surface area (Å²) < 4.78 is 38.2. The number of hydrogen-bond donors (Lipinski definition) is 10. The standard InChI is InChI=1S/C23H40O17/c1-5-9(25)11(27)14(30)21(35-5)38-17-6(2)36-22(15(31)12(17)28)39-18-7(3)37-23(16(32)13(18)29)40-19-10(26)8(24)4-34-20(19)33/h5-33H,4H2,1-3H3/t5-,6-,7-,8+,9-,10-,11+,12-,13-,14+,15+,16+,17-,18-,19+,20?,21-,22-,23-/m0/s1. The lowest BCUT2D eigenvalue weighted by Gasteiger charge is -2.48. The Bertz CT molecular complexity index is 822. The highest BCUT2D eigenvalue weighted by Gasteiger charge is 2.53. The summed E-state index contributed by atoms with van der Waals surface area (Å²) in [6.45, 7) is 4.01. The number of hydrogen-bond acceptors (Lipinski definition) is 17. The topological polar surface area (TPSA) is 267 Å². The fraction of sp³-hybridized carbons (Fsp3) is 1.00. The fourth-order valence-corrected chi connectivity index (χ4v) is 5.13. The van der Waals surface area contributed by atoms with Crippen LogP contribution in [0, 0.1) is 0 Å². The summed E-state index contributed by atoms with van der Waals surface area (Å²) in [7, 11) is 0. The first-order valence-corrected chi connectivity index (χ1v) is 13.1.